The number of ether oxygens (including phenoxy) is 1. The first-order valence-corrected chi connectivity index (χ1v) is 8.27. The largest absolute Gasteiger partial charge is 0.465 e. The van der Waals surface area contributed by atoms with Crippen molar-refractivity contribution in [3.8, 4) is 0 Å². The van der Waals surface area contributed by atoms with Crippen molar-refractivity contribution in [2.24, 2.45) is 5.73 Å². The van der Waals surface area contributed by atoms with Gasteiger partial charge >= 0.3 is 5.97 Å². The van der Waals surface area contributed by atoms with Crippen molar-refractivity contribution in [2.45, 2.75) is 19.3 Å². The number of esters is 1. The molecular weight excluding hydrogens is 328 g/mol. The van der Waals surface area contributed by atoms with E-state index in [9.17, 15) is 14.4 Å². The van der Waals surface area contributed by atoms with Gasteiger partial charge in [-0.25, -0.2) is 4.79 Å². The number of anilines is 1. The molecule has 0 radical (unpaired) electrons. The van der Waals surface area contributed by atoms with Crippen molar-refractivity contribution in [3.63, 3.8) is 0 Å². The minimum atomic E-state index is -0.522. The Kier molecular flexibility index (Phi) is 4.35. The van der Waals surface area contributed by atoms with Crippen molar-refractivity contribution in [2.75, 3.05) is 12.4 Å². The maximum Gasteiger partial charge on any atom is 0.337 e. The third-order valence-electron chi connectivity index (χ3n) is 3.96. The molecule has 0 saturated heterocycles. The molecule has 0 spiro atoms. The van der Waals surface area contributed by atoms with Crippen LogP contribution in [-0.2, 0) is 17.6 Å². The van der Waals surface area contributed by atoms with E-state index in [0.29, 0.717) is 21.7 Å². The third kappa shape index (κ3) is 2.90. The van der Waals surface area contributed by atoms with Crippen LogP contribution in [0.4, 0.5) is 5.00 Å². The number of primary amides is 1. The van der Waals surface area contributed by atoms with E-state index >= 15 is 0 Å². The first kappa shape index (κ1) is 16.2. The van der Waals surface area contributed by atoms with E-state index in [1.165, 1.54) is 42.7 Å². The first-order chi connectivity index (χ1) is 11.5. The molecule has 1 aliphatic rings. The third-order valence-corrected chi connectivity index (χ3v) is 5.17. The highest BCUT2D eigenvalue weighted by Crippen LogP contribution is 2.38. The van der Waals surface area contributed by atoms with Crippen LogP contribution in [0.5, 0.6) is 0 Å². The van der Waals surface area contributed by atoms with E-state index in [1.807, 2.05) is 0 Å². The van der Waals surface area contributed by atoms with Crippen LogP contribution >= 0.6 is 11.3 Å². The van der Waals surface area contributed by atoms with Gasteiger partial charge in [-0.3, -0.25) is 9.59 Å². The highest BCUT2D eigenvalue weighted by atomic mass is 32.1. The Morgan fingerprint density at radius 2 is 1.79 bits per heavy atom. The second-order valence-electron chi connectivity index (χ2n) is 5.45. The number of carbonyl (C=O) groups excluding carboxylic acids is 3. The van der Waals surface area contributed by atoms with Gasteiger partial charge in [0.15, 0.2) is 0 Å². The fourth-order valence-electron chi connectivity index (χ4n) is 2.80. The van der Waals surface area contributed by atoms with Gasteiger partial charge in [-0.2, -0.15) is 0 Å². The highest BCUT2D eigenvalue weighted by molar-refractivity contribution is 7.17. The maximum absolute atomic E-state index is 12.4. The molecule has 0 atom stereocenters. The molecule has 3 N–H and O–H groups in total. The average Bonchev–Trinajstić information content (AvgIpc) is 3.14. The molecule has 1 heterocycles. The Morgan fingerprint density at radius 1 is 1.12 bits per heavy atom. The van der Waals surface area contributed by atoms with Gasteiger partial charge in [0.1, 0.15) is 5.00 Å². The summed E-state index contributed by atoms with van der Waals surface area (Å²) in [5.74, 6) is -1.34. The van der Waals surface area contributed by atoms with Crippen molar-refractivity contribution in [3.05, 3.63) is 51.4 Å². The quantitative estimate of drug-likeness (QED) is 0.832. The lowest BCUT2D eigenvalue weighted by Crippen LogP contribution is -2.18. The summed E-state index contributed by atoms with van der Waals surface area (Å²) < 4.78 is 4.62. The predicted molar refractivity (Wildman–Crippen MR) is 90.6 cm³/mol. The van der Waals surface area contributed by atoms with Gasteiger partial charge in [-0.1, -0.05) is 0 Å². The van der Waals surface area contributed by atoms with Crippen molar-refractivity contribution in [1.82, 2.24) is 0 Å². The Balaban J connectivity index is 1.83. The number of thiophene rings is 1. The molecule has 0 unspecified atom stereocenters. The van der Waals surface area contributed by atoms with Crippen LogP contribution in [-0.4, -0.2) is 24.9 Å². The van der Waals surface area contributed by atoms with E-state index in [0.717, 1.165) is 29.7 Å². The fraction of sp³-hybridized carbons (Fsp3) is 0.235. The summed E-state index contributed by atoms with van der Waals surface area (Å²) in [5, 5.41) is 3.26. The Labute approximate surface area is 142 Å². The monoisotopic (exact) mass is 344 g/mol. The van der Waals surface area contributed by atoms with Crippen LogP contribution in [0.1, 0.15) is 47.9 Å². The number of fused-ring (bicyclic) bond motifs is 1. The smallest absolute Gasteiger partial charge is 0.337 e. The first-order valence-electron chi connectivity index (χ1n) is 7.45. The second-order valence-corrected chi connectivity index (χ2v) is 6.55. The molecule has 7 heteroatoms. The minimum Gasteiger partial charge on any atom is -0.465 e. The molecule has 0 saturated carbocycles. The van der Waals surface area contributed by atoms with Crippen LogP contribution in [0.2, 0.25) is 0 Å². The summed E-state index contributed by atoms with van der Waals surface area (Å²) in [7, 11) is 1.30. The van der Waals surface area contributed by atoms with E-state index in [2.05, 4.69) is 10.1 Å². The van der Waals surface area contributed by atoms with Gasteiger partial charge in [0, 0.05) is 10.4 Å². The van der Waals surface area contributed by atoms with Crippen molar-refractivity contribution < 1.29 is 19.1 Å². The summed E-state index contributed by atoms with van der Waals surface area (Å²) in [6.45, 7) is 0. The van der Waals surface area contributed by atoms with Crippen LogP contribution in [0, 0.1) is 0 Å². The normalized spacial score (nSPS) is 12.5. The molecule has 124 valence electrons. The van der Waals surface area contributed by atoms with E-state index < -0.39 is 11.9 Å². The molecule has 1 aromatic heterocycles. The summed E-state index contributed by atoms with van der Waals surface area (Å²) in [5.41, 5.74) is 7.61. The minimum absolute atomic E-state index is 0.353. The molecule has 2 aromatic rings. The summed E-state index contributed by atoms with van der Waals surface area (Å²) >= 11 is 1.40. The molecule has 0 fully saturated rings. The van der Waals surface area contributed by atoms with Gasteiger partial charge in [0.2, 0.25) is 0 Å². The van der Waals surface area contributed by atoms with Crippen LogP contribution in [0.3, 0.4) is 0 Å². The number of nitrogens with one attached hydrogen (secondary N) is 1. The molecule has 1 aromatic carbocycles. The molecule has 3 rings (SSSR count). The zero-order chi connectivity index (χ0) is 17.3. The number of rotatable bonds is 4. The number of benzene rings is 1. The number of amides is 2. The summed E-state index contributed by atoms with van der Waals surface area (Å²) in [4.78, 5) is 36.7. The summed E-state index contributed by atoms with van der Waals surface area (Å²) in [6.07, 6.45) is 2.72. The van der Waals surface area contributed by atoms with Crippen molar-refractivity contribution >= 4 is 34.1 Å². The maximum atomic E-state index is 12.4. The lowest BCUT2D eigenvalue weighted by atomic mass is 10.1. The van der Waals surface area contributed by atoms with Crippen LogP contribution in [0.15, 0.2) is 24.3 Å². The number of methoxy groups -OCH3 is 1. The van der Waals surface area contributed by atoms with Gasteiger partial charge < -0.3 is 15.8 Å². The number of nitrogens with two attached hydrogens (primary N) is 1. The standard InChI is InChI=1S/C17H16N2O4S/c1-23-17(22)10-7-5-9(6-8-10)15(21)19-16-13(14(18)20)11-3-2-4-12(11)24-16/h5-8H,2-4H2,1H3,(H2,18,20)(H,19,21). The lowest BCUT2D eigenvalue weighted by Gasteiger charge is -2.06. The number of hydrogen-bond acceptors (Lipinski definition) is 5. The predicted octanol–water partition coefficient (Wildman–Crippen LogP) is 2.37. The molecule has 2 amide bonds. The lowest BCUT2D eigenvalue weighted by molar-refractivity contribution is 0.0600. The van der Waals surface area contributed by atoms with E-state index in [-0.39, 0.29) is 5.91 Å². The SMILES string of the molecule is COC(=O)c1ccc(C(=O)Nc2sc3c(c2C(N)=O)CCC3)cc1. The topological polar surface area (TPSA) is 98.5 Å². The zero-order valence-electron chi connectivity index (χ0n) is 13.0. The summed E-state index contributed by atoms with van der Waals surface area (Å²) in [6, 6.07) is 6.11. The van der Waals surface area contributed by atoms with Crippen molar-refractivity contribution in [1.29, 1.82) is 0 Å². The molecular formula is C17H16N2O4S. The second kappa shape index (κ2) is 6.45. The van der Waals surface area contributed by atoms with Gasteiger partial charge in [-0.05, 0) is 49.1 Å². The number of hydrogen-bond donors (Lipinski definition) is 2. The van der Waals surface area contributed by atoms with E-state index in [1.54, 1.807) is 0 Å². The molecule has 0 bridgehead atoms. The molecule has 24 heavy (non-hydrogen) atoms. The van der Waals surface area contributed by atoms with Crippen LogP contribution in [0.25, 0.3) is 0 Å². The van der Waals surface area contributed by atoms with Gasteiger partial charge in [0.05, 0.1) is 18.2 Å². The number of aryl methyl sites for hydroxylation is 1. The number of carbonyl (C=O) groups is 3. The van der Waals surface area contributed by atoms with E-state index in [4.69, 9.17) is 5.73 Å². The highest BCUT2D eigenvalue weighted by Gasteiger charge is 2.26. The Bertz CT molecular complexity index is 824. The Morgan fingerprint density at radius 3 is 2.42 bits per heavy atom. The fourth-order valence-corrected chi connectivity index (χ4v) is 4.09. The Hall–Kier alpha value is -2.67. The van der Waals surface area contributed by atoms with Crippen LogP contribution < -0.4 is 11.1 Å². The zero-order valence-corrected chi connectivity index (χ0v) is 13.9. The molecule has 0 aliphatic heterocycles. The molecule has 1 aliphatic carbocycles. The van der Waals surface area contributed by atoms with Gasteiger partial charge in [0.25, 0.3) is 11.8 Å². The molecule has 6 nitrogen and oxygen atoms in total. The van der Waals surface area contributed by atoms with Gasteiger partial charge in [-0.15, -0.1) is 11.3 Å². The average molecular weight is 344 g/mol.